The molecule has 0 spiro atoms. The molecule has 0 aliphatic heterocycles. The highest BCUT2D eigenvalue weighted by atomic mass is 15.4. The van der Waals surface area contributed by atoms with E-state index in [1.54, 1.807) is 0 Å². The minimum Gasteiger partial charge on any atom is -0.219 e. The van der Waals surface area contributed by atoms with Crippen LogP contribution in [0.25, 0.3) is 27.7 Å². The highest BCUT2D eigenvalue weighted by Gasteiger charge is 2.07. The van der Waals surface area contributed by atoms with Crippen molar-refractivity contribution < 1.29 is 0 Å². The number of nitrogens with zero attached hydrogens (tertiary/aromatic N) is 3. The van der Waals surface area contributed by atoms with E-state index < -0.39 is 0 Å². The fourth-order valence-corrected chi connectivity index (χ4v) is 2.53. The molecule has 21 heavy (non-hydrogen) atoms. The molecule has 0 fully saturated rings. The molecule has 4 aromatic rings. The van der Waals surface area contributed by atoms with Crippen molar-refractivity contribution in [2.75, 3.05) is 0 Å². The highest BCUT2D eigenvalue weighted by molar-refractivity contribution is 5.90. The molecule has 3 nitrogen and oxygen atoms in total. The van der Waals surface area contributed by atoms with Gasteiger partial charge in [0, 0.05) is 10.9 Å². The topological polar surface area (TPSA) is 30.7 Å². The van der Waals surface area contributed by atoms with Crippen LogP contribution in [0, 0.1) is 0 Å². The Morgan fingerprint density at radius 2 is 1.48 bits per heavy atom. The molecule has 4 rings (SSSR count). The SMILES string of the molecule is c1ccc(-c2cn(-c3cccc4ccccc34)nn2)cc1. The predicted octanol–water partition coefficient (Wildman–Crippen LogP) is 4.09. The summed E-state index contributed by atoms with van der Waals surface area (Å²) in [5.74, 6) is 0. The van der Waals surface area contributed by atoms with E-state index in [4.69, 9.17) is 0 Å². The maximum absolute atomic E-state index is 4.28. The number of hydrogen-bond donors (Lipinski definition) is 0. The van der Waals surface area contributed by atoms with E-state index >= 15 is 0 Å². The molecular formula is C18H13N3. The molecule has 3 heteroatoms. The molecule has 0 N–H and O–H groups in total. The van der Waals surface area contributed by atoms with E-state index in [1.165, 1.54) is 10.8 Å². The van der Waals surface area contributed by atoms with E-state index in [-0.39, 0.29) is 0 Å². The Morgan fingerprint density at radius 1 is 0.714 bits per heavy atom. The van der Waals surface area contributed by atoms with E-state index in [9.17, 15) is 0 Å². The van der Waals surface area contributed by atoms with Crippen molar-refractivity contribution in [1.82, 2.24) is 15.0 Å². The van der Waals surface area contributed by atoms with Gasteiger partial charge in [-0.1, -0.05) is 71.9 Å². The lowest BCUT2D eigenvalue weighted by molar-refractivity contribution is 0.809. The van der Waals surface area contributed by atoms with Gasteiger partial charge in [-0.2, -0.15) is 0 Å². The third-order valence-electron chi connectivity index (χ3n) is 3.58. The average molecular weight is 271 g/mol. The molecule has 0 aliphatic carbocycles. The molecule has 1 heterocycles. The highest BCUT2D eigenvalue weighted by Crippen LogP contribution is 2.23. The lowest BCUT2D eigenvalue weighted by Gasteiger charge is -2.05. The molecule has 0 radical (unpaired) electrons. The summed E-state index contributed by atoms with van der Waals surface area (Å²) in [6, 6.07) is 24.6. The van der Waals surface area contributed by atoms with Gasteiger partial charge in [-0.3, -0.25) is 0 Å². The Balaban J connectivity index is 1.85. The van der Waals surface area contributed by atoms with Gasteiger partial charge in [-0.25, -0.2) is 4.68 Å². The van der Waals surface area contributed by atoms with Crippen LogP contribution in [0.4, 0.5) is 0 Å². The number of rotatable bonds is 2. The Labute approximate surface area is 122 Å². The van der Waals surface area contributed by atoms with Crippen molar-refractivity contribution in [2.24, 2.45) is 0 Å². The number of fused-ring (bicyclic) bond motifs is 1. The lowest BCUT2D eigenvalue weighted by Crippen LogP contribution is -1.95. The van der Waals surface area contributed by atoms with Gasteiger partial charge in [0.15, 0.2) is 0 Å². The summed E-state index contributed by atoms with van der Waals surface area (Å²) in [5, 5.41) is 10.9. The summed E-state index contributed by atoms with van der Waals surface area (Å²) in [7, 11) is 0. The fraction of sp³-hybridized carbons (Fsp3) is 0. The summed E-state index contributed by atoms with van der Waals surface area (Å²) in [6.45, 7) is 0. The lowest BCUT2D eigenvalue weighted by atomic mass is 10.1. The smallest absolute Gasteiger partial charge is 0.113 e. The predicted molar refractivity (Wildman–Crippen MR) is 84.3 cm³/mol. The Morgan fingerprint density at radius 3 is 2.38 bits per heavy atom. The molecule has 100 valence electrons. The minimum absolute atomic E-state index is 0.878. The van der Waals surface area contributed by atoms with Crippen molar-refractivity contribution in [3.05, 3.63) is 79.0 Å². The van der Waals surface area contributed by atoms with Crippen LogP contribution in [0.2, 0.25) is 0 Å². The summed E-state index contributed by atoms with van der Waals surface area (Å²) in [4.78, 5) is 0. The van der Waals surface area contributed by atoms with Crippen molar-refractivity contribution in [3.63, 3.8) is 0 Å². The maximum Gasteiger partial charge on any atom is 0.113 e. The summed E-state index contributed by atoms with van der Waals surface area (Å²) < 4.78 is 1.84. The van der Waals surface area contributed by atoms with E-state index in [0.29, 0.717) is 0 Å². The maximum atomic E-state index is 4.28. The molecule has 0 saturated carbocycles. The van der Waals surface area contributed by atoms with E-state index in [2.05, 4.69) is 34.6 Å². The van der Waals surface area contributed by atoms with Crippen LogP contribution in [-0.2, 0) is 0 Å². The molecule has 1 aromatic heterocycles. The van der Waals surface area contributed by atoms with Crippen LogP contribution < -0.4 is 0 Å². The third kappa shape index (κ3) is 2.09. The van der Waals surface area contributed by atoms with Crippen LogP contribution in [-0.4, -0.2) is 15.0 Å². The summed E-state index contributed by atoms with van der Waals surface area (Å²) >= 11 is 0. The van der Waals surface area contributed by atoms with Crippen LogP contribution in [0.3, 0.4) is 0 Å². The van der Waals surface area contributed by atoms with Crippen LogP contribution in [0.15, 0.2) is 79.0 Å². The number of aromatic nitrogens is 3. The fourth-order valence-electron chi connectivity index (χ4n) is 2.53. The first-order valence-electron chi connectivity index (χ1n) is 6.88. The van der Waals surface area contributed by atoms with E-state index in [1.807, 2.05) is 59.4 Å². The van der Waals surface area contributed by atoms with Crippen LogP contribution >= 0.6 is 0 Å². The van der Waals surface area contributed by atoms with Crippen molar-refractivity contribution in [1.29, 1.82) is 0 Å². The zero-order valence-electron chi connectivity index (χ0n) is 11.3. The standard InChI is InChI=1S/C18H13N3/c1-2-8-15(9-3-1)17-13-21(20-19-17)18-12-6-10-14-7-4-5-11-16(14)18/h1-13H. The summed E-state index contributed by atoms with van der Waals surface area (Å²) in [5.41, 5.74) is 3.00. The zero-order valence-corrected chi connectivity index (χ0v) is 11.3. The van der Waals surface area contributed by atoms with Gasteiger partial charge in [0.2, 0.25) is 0 Å². The first-order valence-corrected chi connectivity index (χ1v) is 6.88. The molecule has 0 atom stereocenters. The van der Waals surface area contributed by atoms with Crippen molar-refractivity contribution in [3.8, 4) is 16.9 Å². The van der Waals surface area contributed by atoms with Gasteiger partial charge in [-0.15, -0.1) is 5.10 Å². The van der Waals surface area contributed by atoms with Crippen LogP contribution in [0.5, 0.6) is 0 Å². The molecule has 0 aliphatic rings. The molecule has 0 unspecified atom stereocenters. The molecule has 3 aromatic carbocycles. The van der Waals surface area contributed by atoms with Gasteiger partial charge in [0.25, 0.3) is 0 Å². The number of hydrogen-bond acceptors (Lipinski definition) is 2. The van der Waals surface area contributed by atoms with Gasteiger partial charge in [-0.05, 0) is 11.5 Å². The van der Waals surface area contributed by atoms with Gasteiger partial charge >= 0.3 is 0 Å². The largest absolute Gasteiger partial charge is 0.219 e. The van der Waals surface area contributed by atoms with Crippen molar-refractivity contribution in [2.45, 2.75) is 0 Å². The molecule has 0 bridgehead atoms. The first-order chi connectivity index (χ1) is 10.4. The Bertz CT molecular complexity index is 889. The van der Waals surface area contributed by atoms with Crippen LogP contribution in [0.1, 0.15) is 0 Å². The summed E-state index contributed by atoms with van der Waals surface area (Å²) in [6.07, 6.45) is 1.97. The second-order valence-corrected chi connectivity index (χ2v) is 4.91. The molecular weight excluding hydrogens is 258 g/mol. The minimum atomic E-state index is 0.878. The first kappa shape index (κ1) is 11.9. The third-order valence-corrected chi connectivity index (χ3v) is 3.58. The zero-order chi connectivity index (χ0) is 14.1. The Kier molecular flexibility index (Phi) is 2.75. The average Bonchev–Trinajstić information content (AvgIpc) is 3.05. The van der Waals surface area contributed by atoms with E-state index in [0.717, 1.165) is 16.9 Å². The second kappa shape index (κ2) is 4.87. The Hall–Kier alpha value is -2.94. The molecule has 0 saturated heterocycles. The second-order valence-electron chi connectivity index (χ2n) is 4.91. The monoisotopic (exact) mass is 271 g/mol. The normalized spacial score (nSPS) is 10.9. The van der Waals surface area contributed by atoms with Gasteiger partial charge < -0.3 is 0 Å². The molecule has 0 amide bonds. The van der Waals surface area contributed by atoms with Gasteiger partial charge in [0.05, 0.1) is 11.9 Å². The van der Waals surface area contributed by atoms with Gasteiger partial charge in [0.1, 0.15) is 5.69 Å². The quantitative estimate of drug-likeness (QED) is 0.550. The number of benzene rings is 3. The van der Waals surface area contributed by atoms with Crippen molar-refractivity contribution >= 4 is 10.8 Å².